The summed E-state index contributed by atoms with van der Waals surface area (Å²) in [5, 5.41) is 0. The molecule has 2 heterocycles. The first-order valence-corrected chi connectivity index (χ1v) is 8.04. The van der Waals surface area contributed by atoms with Crippen LogP contribution >= 0.6 is 34.7 Å². The van der Waals surface area contributed by atoms with Crippen molar-refractivity contribution in [2.75, 3.05) is 18.5 Å². The van der Waals surface area contributed by atoms with E-state index in [-0.39, 0.29) is 5.91 Å². The number of nitrogen functional groups attached to an aromatic ring is 1. The topological polar surface area (TPSA) is 59.2 Å². The van der Waals surface area contributed by atoms with Crippen LogP contribution in [0.4, 0.5) is 5.69 Å². The lowest BCUT2D eigenvalue weighted by Crippen LogP contribution is -2.27. The van der Waals surface area contributed by atoms with Crippen molar-refractivity contribution in [3.63, 3.8) is 0 Å². The van der Waals surface area contributed by atoms with Crippen LogP contribution < -0.4 is 5.73 Å². The van der Waals surface area contributed by atoms with Crippen LogP contribution in [0.3, 0.4) is 0 Å². The van der Waals surface area contributed by atoms with Gasteiger partial charge in [0.25, 0.3) is 0 Å². The molecule has 106 valence electrons. The highest BCUT2D eigenvalue weighted by atomic mass is 35.5. The molecule has 1 amide bonds. The first-order chi connectivity index (χ1) is 9.56. The Labute approximate surface area is 130 Å². The minimum atomic E-state index is 0.0516. The van der Waals surface area contributed by atoms with Gasteiger partial charge in [-0.1, -0.05) is 11.6 Å². The molecular formula is C13H14ClN3OS2. The molecule has 4 nitrogen and oxygen atoms in total. The van der Waals surface area contributed by atoms with Gasteiger partial charge < -0.3 is 10.6 Å². The van der Waals surface area contributed by atoms with Gasteiger partial charge in [0.2, 0.25) is 5.91 Å². The fraction of sp³-hybridized carbons (Fsp3) is 0.231. The summed E-state index contributed by atoms with van der Waals surface area (Å²) in [5.74, 6) is 0.403. The van der Waals surface area contributed by atoms with Gasteiger partial charge >= 0.3 is 0 Å². The van der Waals surface area contributed by atoms with Gasteiger partial charge in [-0.2, -0.15) is 0 Å². The first-order valence-electron chi connectivity index (χ1n) is 5.86. The third-order valence-corrected chi connectivity index (χ3v) is 4.90. The molecule has 0 unspecified atom stereocenters. The SMILES string of the molecule is CN(Cc1ccc(Cl)s1)C(=O)CSc1ccncc1N. The van der Waals surface area contributed by atoms with E-state index in [0.29, 0.717) is 18.0 Å². The normalized spacial score (nSPS) is 10.5. The van der Waals surface area contributed by atoms with E-state index < -0.39 is 0 Å². The van der Waals surface area contributed by atoms with E-state index in [1.807, 2.05) is 18.2 Å². The van der Waals surface area contributed by atoms with E-state index in [1.54, 1.807) is 24.3 Å². The van der Waals surface area contributed by atoms with E-state index in [9.17, 15) is 4.79 Å². The number of halogens is 1. The lowest BCUT2D eigenvalue weighted by molar-refractivity contribution is -0.127. The van der Waals surface area contributed by atoms with Gasteiger partial charge in [-0.25, -0.2) is 0 Å². The lowest BCUT2D eigenvalue weighted by atomic mass is 10.4. The smallest absolute Gasteiger partial charge is 0.233 e. The molecule has 0 aliphatic rings. The Morgan fingerprint density at radius 1 is 1.50 bits per heavy atom. The third-order valence-electron chi connectivity index (χ3n) is 2.61. The summed E-state index contributed by atoms with van der Waals surface area (Å²) in [4.78, 5) is 19.6. The number of thioether (sulfide) groups is 1. The number of carbonyl (C=O) groups is 1. The zero-order valence-electron chi connectivity index (χ0n) is 10.9. The van der Waals surface area contributed by atoms with Crippen LogP contribution in [-0.2, 0) is 11.3 Å². The molecule has 0 bridgehead atoms. The van der Waals surface area contributed by atoms with E-state index in [1.165, 1.54) is 23.1 Å². The maximum Gasteiger partial charge on any atom is 0.233 e. The van der Waals surface area contributed by atoms with Crippen LogP contribution in [-0.4, -0.2) is 28.6 Å². The lowest BCUT2D eigenvalue weighted by Gasteiger charge is -2.16. The average molecular weight is 328 g/mol. The third kappa shape index (κ3) is 4.13. The summed E-state index contributed by atoms with van der Waals surface area (Å²) in [6.45, 7) is 0.572. The first kappa shape index (κ1) is 15.2. The van der Waals surface area contributed by atoms with Crippen LogP contribution in [0, 0.1) is 0 Å². The van der Waals surface area contributed by atoms with Gasteiger partial charge in [0.05, 0.1) is 28.5 Å². The van der Waals surface area contributed by atoms with Crippen molar-refractivity contribution in [1.29, 1.82) is 0 Å². The number of thiophene rings is 1. The van der Waals surface area contributed by atoms with Crippen molar-refractivity contribution >= 4 is 46.3 Å². The molecule has 0 aromatic carbocycles. The second kappa shape index (κ2) is 6.97. The van der Waals surface area contributed by atoms with Crippen molar-refractivity contribution in [3.8, 4) is 0 Å². The molecular weight excluding hydrogens is 314 g/mol. The van der Waals surface area contributed by atoms with E-state index in [4.69, 9.17) is 17.3 Å². The van der Waals surface area contributed by atoms with E-state index >= 15 is 0 Å². The fourth-order valence-corrected chi connectivity index (χ4v) is 3.55. The minimum absolute atomic E-state index is 0.0516. The number of carbonyl (C=O) groups excluding carboxylic acids is 1. The Morgan fingerprint density at radius 3 is 2.95 bits per heavy atom. The molecule has 2 rings (SSSR count). The molecule has 0 aliphatic heterocycles. The Hall–Kier alpha value is -1.24. The molecule has 0 atom stereocenters. The number of hydrogen-bond donors (Lipinski definition) is 1. The molecule has 2 aromatic heterocycles. The summed E-state index contributed by atoms with van der Waals surface area (Å²) in [5.41, 5.74) is 6.38. The van der Waals surface area contributed by atoms with Crippen molar-refractivity contribution in [2.24, 2.45) is 0 Å². The van der Waals surface area contributed by atoms with E-state index in [0.717, 1.165) is 14.1 Å². The largest absolute Gasteiger partial charge is 0.397 e. The van der Waals surface area contributed by atoms with Crippen LogP contribution in [0.5, 0.6) is 0 Å². The van der Waals surface area contributed by atoms with Gasteiger partial charge in [-0.15, -0.1) is 23.1 Å². The fourth-order valence-electron chi connectivity index (χ4n) is 1.53. The Kier molecular flexibility index (Phi) is 5.28. The van der Waals surface area contributed by atoms with Gasteiger partial charge in [-0.05, 0) is 18.2 Å². The average Bonchev–Trinajstić information content (AvgIpc) is 2.82. The highest BCUT2D eigenvalue weighted by molar-refractivity contribution is 8.00. The van der Waals surface area contributed by atoms with Crippen molar-refractivity contribution < 1.29 is 4.79 Å². The Bertz CT molecular complexity index is 603. The zero-order valence-corrected chi connectivity index (χ0v) is 13.3. The van der Waals surface area contributed by atoms with Gasteiger partial charge in [0.15, 0.2) is 0 Å². The molecule has 0 saturated heterocycles. The molecule has 0 saturated carbocycles. The molecule has 20 heavy (non-hydrogen) atoms. The van der Waals surface area contributed by atoms with Crippen LogP contribution in [0.25, 0.3) is 0 Å². The number of pyridine rings is 1. The second-order valence-corrected chi connectivity index (χ2v) is 6.97. The highest BCUT2D eigenvalue weighted by Crippen LogP contribution is 2.25. The van der Waals surface area contributed by atoms with Crippen LogP contribution in [0.2, 0.25) is 4.34 Å². The standard InChI is InChI=1S/C13H14ClN3OS2/c1-17(7-9-2-3-12(14)20-9)13(18)8-19-11-4-5-16-6-10(11)15/h2-6H,7-8,15H2,1H3. The number of anilines is 1. The van der Waals surface area contributed by atoms with Crippen molar-refractivity contribution in [2.45, 2.75) is 11.4 Å². The van der Waals surface area contributed by atoms with Crippen molar-refractivity contribution in [1.82, 2.24) is 9.88 Å². The van der Waals surface area contributed by atoms with E-state index in [2.05, 4.69) is 4.98 Å². The van der Waals surface area contributed by atoms with Gasteiger partial charge in [0.1, 0.15) is 0 Å². The summed E-state index contributed by atoms with van der Waals surface area (Å²) in [6.07, 6.45) is 3.25. The summed E-state index contributed by atoms with van der Waals surface area (Å²) in [6, 6.07) is 5.59. The molecule has 0 radical (unpaired) electrons. The van der Waals surface area contributed by atoms with Gasteiger partial charge in [-0.3, -0.25) is 9.78 Å². The summed E-state index contributed by atoms with van der Waals surface area (Å²) >= 11 is 8.78. The zero-order chi connectivity index (χ0) is 14.5. The number of amides is 1. The van der Waals surface area contributed by atoms with Crippen LogP contribution in [0.1, 0.15) is 4.88 Å². The quantitative estimate of drug-likeness (QED) is 0.857. The molecule has 0 fully saturated rings. The Morgan fingerprint density at radius 2 is 2.30 bits per heavy atom. The van der Waals surface area contributed by atoms with Gasteiger partial charge in [0, 0.05) is 23.0 Å². The number of nitrogens with zero attached hydrogens (tertiary/aromatic N) is 2. The molecule has 0 aliphatic carbocycles. The van der Waals surface area contributed by atoms with Crippen LogP contribution in [0.15, 0.2) is 35.5 Å². The monoisotopic (exact) mass is 327 g/mol. The number of nitrogens with two attached hydrogens (primary N) is 1. The molecule has 2 N–H and O–H groups in total. The predicted molar refractivity (Wildman–Crippen MR) is 85.2 cm³/mol. The maximum absolute atomic E-state index is 12.1. The number of rotatable bonds is 5. The number of hydrogen-bond acceptors (Lipinski definition) is 5. The summed E-state index contributed by atoms with van der Waals surface area (Å²) in [7, 11) is 1.78. The second-order valence-electron chi connectivity index (χ2n) is 4.16. The summed E-state index contributed by atoms with van der Waals surface area (Å²) < 4.78 is 0.736. The molecule has 0 spiro atoms. The minimum Gasteiger partial charge on any atom is -0.397 e. The predicted octanol–water partition coefficient (Wildman–Crippen LogP) is 3.13. The molecule has 2 aromatic rings. The highest BCUT2D eigenvalue weighted by Gasteiger charge is 2.12. The Balaban J connectivity index is 1.87. The number of aromatic nitrogens is 1. The molecule has 7 heteroatoms. The van der Waals surface area contributed by atoms with Crippen molar-refractivity contribution in [3.05, 3.63) is 39.8 Å². The maximum atomic E-state index is 12.1.